The lowest BCUT2D eigenvalue weighted by Crippen LogP contribution is -2.10. The first kappa shape index (κ1) is 12.6. The number of nitrogens with zero attached hydrogens (tertiary/aromatic N) is 1. The van der Waals surface area contributed by atoms with Crippen LogP contribution in [-0.4, -0.2) is 29.8 Å². The standard InChI is InChI=1S/C10H14N2O3S/c1-6-9(7(2)13)10(16-12-6)11-5-4-8(14)15-3/h11H,4-5H2,1-3H3. The van der Waals surface area contributed by atoms with Gasteiger partial charge in [0.25, 0.3) is 0 Å². The summed E-state index contributed by atoms with van der Waals surface area (Å²) in [5.41, 5.74) is 1.33. The van der Waals surface area contributed by atoms with E-state index in [1.165, 1.54) is 25.6 Å². The molecule has 1 aromatic heterocycles. The molecule has 5 nitrogen and oxygen atoms in total. The zero-order valence-electron chi connectivity index (χ0n) is 9.49. The van der Waals surface area contributed by atoms with Gasteiger partial charge >= 0.3 is 5.97 Å². The van der Waals surface area contributed by atoms with E-state index in [9.17, 15) is 9.59 Å². The molecule has 0 atom stereocenters. The van der Waals surface area contributed by atoms with Gasteiger partial charge in [0, 0.05) is 6.54 Å². The second kappa shape index (κ2) is 5.60. The predicted molar refractivity (Wildman–Crippen MR) is 62.0 cm³/mol. The zero-order valence-corrected chi connectivity index (χ0v) is 10.3. The van der Waals surface area contributed by atoms with Crippen LogP contribution in [0.3, 0.4) is 0 Å². The summed E-state index contributed by atoms with van der Waals surface area (Å²) in [5, 5.41) is 3.73. The Labute approximate surface area is 98.0 Å². The number of ether oxygens (including phenoxy) is 1. The zero-order chi connectivity index (χ0) is 12.1. The molecule has 1 heterocycles. The van der Waals surface area contributed by atoms with E-state index in [2.05, 4.69) is 14.4 Å². The van der Waals surface area contributed by atoms with Crippen molar-refractivity contribution in [3.8, 4) is 0 Å². The van der Waals surface area contributed by atoms with Gasteiger partial charge in [-0.3, -0.25) is 9.59 Å². The SMILES string of the molecule is COC(=O)CCNc1snc(C)c1C(C)=O. The van der Waals surface area contributed by atoms with Gasteiger partial charge in [-0.1, -0.05) is 0 Å². The molecule has 16 heavy (non-hydrogen) atoms. The summed E-state index contributed by atoms with van der Waals surface area (Å²) < 4.78 is 8.61. The van der Waals surface area contributed by atoms with Crippen LogP contribution in [-0.2, 0) is 9.53 Å². The summed E-state index contributed by atoms with van der Waals surface area (Å²) in [6, 6.07) is 0. The summed E-state index contributed by atoms with van der Waals surface area (Å²) in [7, 11) is 1.35. The van der Waals surface area contributed by atoms with Gasteiger partial charge in [-0.25, -0.2) is 0 Å². The maximum absolute atomic E-state index is 11.3. The van der Waals surface area contributed by atoms with Crippen LogP contribution < -0.4 is 5.32 Å². The lowest BCUT2D eigenvalue weighted by Gasteiger charge is -2.04. The first-order valence-corrected chi connectivity index (χ1v) is 5.61. The Morgan fingerprint density at radius 1 is 1.50 bits per heavy atom. The van der Waals surface area contributed by atoms with E-state index in [0.29, 0.717) is 17.1 Å². The third-order valence-electron chi connectivity index (χ3n) is 2.06. The molecule has 0 spiro atoms. The summed E-state index contributed by atoms with van der Waals surface area (Å²) in [5.74, 6) is -0.301. The first-order chi connectivity index (χ1) is 7.56. The molecule has 88 valence electrons. The van der Waals surface area contributed by atoms with Crippen molar-refractivity contribution in [2.45, 2.75) is 20.3 Å². The largest absolute Gasteiger partial charge is 0.469 e. The molecule has 1 aromatic rings. The lowest BCUT2D eigenvalue weighted by atomic mass is 10.2. The second-order valence-corrected chi connectivity index (χ2v) is 4.05. The van der Waals surface area contributed by atoms with Crippen LogP contribution in [0.1, 0.15) is 29.4 Å². The highest BCUT2D eigenvalue weighted by Crippen LogP contribution is 2.24. The van der Waals surface area contributed by atoms with E-state index in [4.69, 9.17) is 0 Å². The molecule has 0 fully saturated rings. The average Bonchev–Trinajstić information content (AvgIpc) is 2.59. The molecule has 1 N–H and O–H groups in total. The minimum Gasteiger partial charge on any atom is -0.469 e. The van der Waals surface area contributed by atoms with Crippen LogP contribution in [0.15, 0.2) is 0 Å². The van der Waals surface area contributed by atoms with Crippen LogP contribution >= 0.6 is 11.5 Å². The van der Waals surface area contributed by atoms with Crippen molar-refractivity contribution in [1.29, 1.82) is 0 Å². The summed E-state index contributed by atoms with van der Waals surface area (Å²) in [6.45, 7) is 3.73. The highest BCUT2D eigenvalue weighted by Gasteiger charge is 2.14. The highest BCUT2D eigenvalue weighted by atomic mass is 32.1. The van der Waals surface area contributed by atoms with Crippen molar-refractivity contribution in [3.63, 3.8) is 0 Å². The van der Waals surface area contributed by atoms with Gasteiger partial charge in [0.05, 0.1) is 24.8 Å². The van der Waals surface area contributed by atoms with E-state index in [1.54, 1.807) is 6.92 Å². The van der Waals surface area contributed by atoms with E-state index in [1.807, 2.05) is 0 Å². The molecule has 0 saturated carbocycles. The number of ketones is 1. The number of hydrogen-bond acceptors (Lipinski definition) is 6. The van der Waals surface area contributed by atoms with Crippen LogP contribution in [0, 0.1) is 6.92 Å². The van der Waals surface area contributed by atoms with E-state index < -0.39 is 0 Å². The Kier molecular flexibility index (Phi) is 4.42. The number of aryl methyl sites for hydroxylation is 1. The molecular formula is C10H14N2O3S. The molecule has 0 aliphatic rings. The van der Waals surface area contributed by atoms with Crippen LogP contribution in [0.4, 0.5) is 5.00 Å². The Bertz CT molecular complexity index is 401. The number of anilines is 1. The molecular weight excluding hydrogens is 228 g/mol. The third-order valence-corrected chi connectivity index (χ3v) is 2.95. The smallest absolute Gasteiger partial charge is 0.307 e. The van der Waals surface area contributed by atoms with Gasteiger partial charge in [-0.2, -0.15) is 4.37 Å². The van der Waals surface area contributed by atoms with E-state index >= 15 is 0 Å². The van der Waals surface area contributed by atoms with Gasteiger partial charge in [0.1, 0.15) is 5.00 Å². The molecule has 0 aromatic carbocycles. The quantitative estimate of drug-likeness (QED) is 0.628. The molecule has 0 radical (unpaired) electrons. The maximum atomic E-state index is 11.3. The summed E-state index contributed by atoms with van der Waals surface area (Å²) >= 11 is 1.23. The van der Waals surface area contributed by atoms with Crippen molar-refractivity contribution in [2.24, 2.45) is 0 Å². The highest BCUT2D eigenvalue weighted by molar-refractivity contribution is 7.10. The minimum atomic E-state index is -0.280. The second-order valence-electron chi connectivity index (χ2n) is 3.28. The lowest BCUT2D eigenvalue weighted by molar-refractivity contribution is -0.140. The minimum absolute atomic E-state index is 0.0215. The van der Waals surface area contributed by atoms with Crippen molar-refractivity contribution in [2.75, 3.05) is 19.0 Å². The number of hydrogen-bond donors (Lipinski definition) is 1. The molecule has 0 amide bonds. The number of Topliss-reactive ketones (excluding diaryl/α,β-unsaturated/α-hetero) is 1. The Balaban J connectivity index is 2.61. The number of carbonyl (C=O) groups is 2. The first-order valence-electron chi connectivity index (χ1n) is 4.84. The van der Waals surface area contributed by atoms with Gasteiger partial charge in [0.15, 0.2) is 5.78 Å². The molecule has 0 bridgehead atoms. The summed E-state index contributed by atoms with van der Waals surface area (Å²) in [4.78, 5) is 22.2. The number of aromatic nitrogens is 1. The number of rotatable bonds is 5. The Morgan fingerprint density at radius 3 is 2.75 bits per heavy atom. The molecule has 0 unspecified atom stereocenters. The number of methoxy groups -OCH3 is 1. The monoisotopic (exact) mass is 242 g/mol. The fourth-order valence-corrected chi connectivity index (χ4v) is 2.15. The fraction of sp³-hybridized carbons (Fsp3) is 0.500. The van der Waals surface area contributed by atoms with Gasteiger partial charge < -0.3 is 10.1 Å². The van der Waals surface area contributed by atoms with Crippen molar-refractivity contribution in [3.05, 3.63) is 11.3 Å². The topological polar surface area (TPSA) is 68.3 Å². The van der Waals surface area contributed by atoms with Crippen LogP contribution in [0.25, 0.3) is 0 Å². The van der Waals surface area contributed by atoms with Crippen molar-refractivity contribution in [1.82, 2.24) is 4.37 Å². The van der Waals surface area contributed by atoms with Gasteiger partial charge in [-0.15, -0.1) is 0 Å². The molecule has 6 heteroatoms. The molecule has 0 aliphatic carbocycles. The van der Waals surface area contributed by atoms with Crippen LogP contribution in [0.2, 0.25) is 0 Å². The number of nitrogens with one attached hydrogen (secondary N) is 1. The molecule has 0 aliphatic heterocycles. The van der Waals surface area contributed by atoms with Gasteiger partial charge in [-0.05, 0) is 25.4 Å². The fourth-order valence-electron chi connectivity index (χ4n) is 1.29. The maximum Gasteiger partial charge on any atom is 0.307 e. The van der Waals surface area contributed by atoms with Crippen molar-refractivity contribution < 1.29 is 14.3 Å². The molecule has 1 rings (SSSR count). The van der Waals surface area contributed by atoms with Gasteiger partial charge in [0.2, 0.25) is 0 Å². The van der Waals surface area contributed by atoms with Crippen molar-refractivity contribution >= 4 is 28.3 Å². The predicted octanol–water partition coefficient (Wildman–Crippen LogP) is 1.63. The Hall–Kier alpha value is -1.43. The van der Waals surface area contributed by atoms with Crippen LogP contribution in [0.5, 0.6) is 0 Å². The van der Waals surface area contributed by atoms with E-state index in [-0.39, 0.29) is 18.2 Å². The number of esters is 1. The summed E-state index contributed by atoms with van der Waals surface area (Å²) in [6.07, 6.45) is 0.269. The normalized spacial score (nSPS) is 9.94. The average molecular weight is 242 g/mol. The molecule has 0 saturated heterocycles. The number of carbonyl (C=O) groups excluding carboxylic acids is 2. The Morgan fingerprint density at radius 2 is 2.19 bits per heavy atom. The third kappa shape index (κ3) is 3.03. The van der Waals surface area contributed by atoms with E-state index in [0.717, 1.165) is 5.69 Å².